The van der Waals surface area contributed by atoms with Gasteiger partial charge in [0.15, 0.2) is 0 Å². The fourth-order valence-corrected chi connectivity index (χ4v) is 0.835. The van der Waals surface area contributed by atoms with Gasteiger partial charge in [0, 0.05) is 12.4 Å². The molecule has 0 atom stereocenters. The number of aromatic nitrogens is 1. The first-order chi connectivity index (χ1) is 7.15. The van der Waals surface area contributed by atoms with E-state index in [1.807, 2.05) is 0 Å². The molecule has 5 heteroatoms. The van der Waals surface area contributed by atoms with E-state index in [1.54, 1.807) is 6.92 Å². The van der Waals surface area contributed by atoms with Gasteiger partial charge < -0.3 is 9.84 Å². The zero-order chi connectivity index (χ0) is 11.8. The summed E-state index contributed by atoms with van der Waals surface area (Å²) in [6.07, 6.45) is 1.98. The fraction of sp³-hybridized carbons (Fsp3) is 0.200. The lowest BCUT2D eigenvalue weighted by Gasteiger charge is -1.99. The first-order valence-corrected chi connectivity index (χ1v) is 4.23. The Bertz CT molecular complexity index is 343. The number of ether oxygens (including phenoxy) is 1. The van der Waals surface area contributed by atoms with Crippen molar-refractivity contribution in [3.05, 3.63) is 37.2 Å². The highest BCUT2D eigenvalue weighted by Gasteiger charge is 2.09. The van der Waals surface area contributed by atoms with Gasteiger partial charge in [-0.2, -0.15) is 0 Å². The van der Waals surface area contributed by atoms with Gasteiger partial charge in [0.1, 0.15) is 0 Å². The molecule has 1 aromatic rings. The second-order valence-corrected chi connectivity index (χ2v) is 2.31. The van der Waals surface area contributed by atoms with Crippen LogP contribution in [-0.2, 0) is 4.74 Å². The predicted molar refractivity (Wildman–Crippen MR) is 55.1 cm³/mol. The van der Waals surface area contributed by atoms with Crippen LogP contribution in [0.1, 0.15) is 17.3 Å². The van der Waals surface area contributed by atoms with Crippen LogP contribution in [0, 0.1) is 0 Å². The highest BCUT2D eigenvalue weighted by Crippen LogP contribution is 2.01. The Morgan fingerprint density at radius 2 is 2.13 bits per heavy atom. The molecule has 0 saturated heterocycles. The number of carboxylic acids is 1. The fourth-order valence-electron chi connectivity index (χ4n) is 0.835. The Hall–Kier alpha value is -2.04. The summed E-state index contributed by atoms with van der Waals surface area (Å²) in [4.78, 5) is 21.5. The number of hydrogen-bond acceptors (Lipinski definition) is 3. The average Bonchev–Trinajstić information content (AvgIpc) is 2.70. The molecule has 0 spiro atoms. The van der Waals surface area contributed by atoms with Crippen LogP contribution in [0.3, 0.4) is 0 Å². The SMILES string of the molecule is C=C.CCOC(=O)n1ccc(C(=O)O)c1. The minimum atomic E-state index is -1.07. The molecule has 1 aromatic heterocycles. The molecule has 0 unspecified atom stereocenters. The minimum absolute atomic E-state index is 0.0630. The zero-order valence-electron chi connectivity index (χ0n) is 8.47. The molecule has 1 N–H and O–H groups in total. The molecule has 15 heavy (non-hydrogen) atoms. The predicted octanol–water partition coefficient (Wildman–Crippen LogP) is 1.99. The van der Waals surface area contributed by atoms with Crippen LogP contribution < -0.4 is 0 Å². The number of carbonyl (C=O) groups is 2. The molecule has 0 amide bonds. The molecule has 1 rings (SSSR count). The van der Waals surface area contributed by atoms with Crippen LogP contribution in [-0.4, -0.2) is 28.3 Å². The molecule has 0 fully saturated rings. The van der Waals surface area contributed by atoms with Crippen LogP contribution in [0.25, 0.3) is 0 Å². The highest BCUT2D eigenvalue weighted by molar-refractivity contribution is 5.88. The maximum atomic E-state index is 11.0. The number of carbonyl (C=O) groups excluding carboxylic acids is 1. The average molecular weight is 211 g/mol. The smallest absolute Gasteiger partial charge is 0.417 e. The van der Waals surface area contributed by atoms with Gasteiger partial charge in [-0.3, -0.25) is 4.57 Å². The van der Waals surface area contributed by atoms with E-state index in [-0.39, 0.29) is 12.2 Å². The van der Waals surface area contributed by atoms with E-state index >= 15 is 0 Å². The zero-order valence-corrected chi connectivity index (χ0v) is 8.47. The summed E-state index contributed by atoms with van der Waals surface area (Å²) < 4.78 is 5.74. The lowest BCUT2D eigenvalue weighted by Crippen LogP contribution is -2.11. The molecule has 0 bridgehead atoms. The molecule has 1 heterocycles. The second kappa shape index (κ2) is 6.42. The second-order valence-electron chi connectivity index (χ2n) is 2.31. The summed E-state index contributed by atoms with van der Waals surface area (Å²) >= 11 is 0. The molecule has 0 aliphatic heterocycles. The summed E-state index contributed by atoms with van der Waals surface area (Å²) in [6, 6.07) is 1.33. The molecule has 82 valence electrons. The van der Waals surface area contributed by atoms with Crippen molar-refractivity contribution in [1.29, 1.82) is 0 Å². The van der Waals surface area contributed by atoms with E-state index < -0.39 is 12.1 Å². The van der Waals surface area contributed by atoms with Crippen molar-refractivity contribution in [3.8, 4) is 0 Å². The van der Waals surface area contributed by atoms with E-state index in [1.165, 1.54) is 18.5 Å². The number of rotatable bonds is 2. The number of hydrogen-bond donors (Lipinski definition) is 1. The third-order valence-corrected chi connectivity index (χ3v) is 1.42. The normalized spacial score (nSPS) is 8.60. The number of aromatic carboxylic acids is 1. The van der Waals surface area contributed by atoms with Crippen molar-refractivity contribution in [1.82, 2.24) is 4.57 Å². The van der Waals surface area contributed by atoms with Crippen molar-refractivity contribution < 1.29 is 19.4 Å². The molecule has 0 radical (unpaired) electrons. The Morgan fingerprint density at radius 1 is 1.53 bits per heavy atom. The number of nitrogens with zero attached hydrogens (tertiary/aromatic N) is 1. The number of carboxylic acid groups (broad SMARTS) is 1. The maximum Gasteiger partial charge on any atom is 0.417 e. The van der Waals surface area contributed by atoms with E-state index in [0.29, 0.717) is 0 Å². The summed E-state index contributed by atoms with van der Waals surface area (Å²) in [5, 5.41) is 8.54. The van der Waals surface area contributed by atoms with Gasteiger partial charge in [0.05, 0.1) is 12.2 Å². The Kier molecular flexibility index (Phi) is 5.55. The summed E-state index contributed by atoms with van der Waals surface area (Å²) in [7, 11) is 0. The van der Waals surface area contributed by atoms with Crippen LogP contribution >= 0.6 is 0 Å². The van der Waals surface area contributed by atoms with E-state index in [2.05, 4.69) is 17.9 Å². The largest absolute Gasteiger partial charge is 0.478 e. The first-order valence-electron chi connectivity index (χ1n) is 4.23. The van der Waals surface area contributed by atoms with E-state index in [4.69, 9.17) is 5.11 Å². The Labute approximate surface area is 87.6 Å². The third-order valence-electron chi connectivity index (χ3n) is 1.42. The van der Waals surface area contributed by atoms with Crippen molar-refractivity contribution in [2.75, 3.05) is 6.61 Å². The molecule has 5 nitrogen and oxygen atoms in total. The van der Waals surface area contributed by atoms with Gasteiger partial charge in [-0.25, -0.2) is 9.59 Å². The summed E-state index contributed by atoms with van der Waals surface area (Å²) in [6.45, 7) is 7.94. The van der Waals surface area contributed by atoms with Gasteiger partial charge in [-0.1, -0.05) is 0 Å². The quantitative estimate of drug-likeness (QED) is 0.759. The molecule has 0 aliphatic carbocycles. The minimum Gasteiger partial charge on any atom is -0.478 e. The molecular weight excluding hydrogens is 198 g/mol. The van der Waals surface area contributed by atoms with Crippen LogP contribution in [0.5, 0.6) is 0 Å². The summed E-state index contributed by atoms with van der Waals surface area (Å²) in [5.41, 5.74) is 0.0630. The third kappa shape index (κ3) is 3.68. The maximum absolute atomic E-state index is 11.0. The topological polar surface area (TPSA) is 68.5 Å². The van der Waals surface area contributed by atoms with Crippen LogP contribution in [0.15, 0.2) is 31.6 Å². The van der Waals surface area contributed by atoms with E-state index in [0.717, 1.165) is 4.57 Å². The standard InChI is InChI=1S/C8H9NO4.C2H4/c1-2-13-8(12)9-4-3-6(5-9)7(10)11;1-2/h3-5H,2H2,1H3,(H,10,11);1-2H2. The van der Waals surface area contributed by atoms with Gasteiger partial charge in [-0.15, -0.1) is 13.2 Å². The van der Waals surface area contributed by atoms with Crippen molar-refractivity contribution in [3.63, 3.8) is 0 Å². The van der Waals surface area contributed by atoms with Gasteiger partial charge in [0.25, 0.3) is 0 Å². The van der Waals surface area contributed by atoms with Crippen LogP contribution in [0.2, 0.25) is 0 Å². The lowest BCUT2D eigenvalue weighted by molar-refractivity contribution is 0.0697. The van der Waals surface area contributed by atoms with Crippen molar-refractivity contribution in [2.24, 2.45) is 0 Å². The van der Waals surface area contributed by atoms with Crippen molar-refractivity contribution in [2.45, 2.75) is 6.92 Å². The van der Waals surface area contributed by atoms with Gasteiger partial charge in [0.2, 0.25) is 0 Å². The molecule has 0 aromatic carbocycles. The molecule has 0 aliphatic rings. The van der Waals surface area contributed by atoms with Gasteiger partial charge >= 0.3 is 12.1 Å². The lowest BCUT2D eigenvalue weighted by atomic mass is 10.4. The Morgan fingerprint density at radius 3 is 2.53 bits per heavy atom. The highest BCUT2D eigenvalue weighted by atomic mass is 16.5. The van der Waals surface area contributed by atoms with Gasteiger partial charge in [-0.05, 0) is 13.0 Å². The Balaban J connectivity index is 0.000000921. The monoisotopic (exact) mass is 211 g/mol. The summed E-state index contributed by atoms with van der Waals surface area (Å²) in [5.74, 6) is -1.07. The molecular formula is C10H13NO4. The first kappa shape index (κ1) is 13.0. The molecule has 0 saturated carbocycles. The van der Waals surface area contributed by atoms with Crippen LogP contribution in [0.4, 0.5) is 4.79 Å². The van der Waals surface area contributed by atoms with Crippen molar-refractivity contribution >= 4 is 12.1 Å². The van der Waals surface area contributed by atoms with E-state index in [9.17, 15) is 9.59 Å².